The summed E-state index contributed by atoms with van der Waals surface area (Å²) in [5.41, 5.74) is 0.916. The number of rotatable bonds is 2. The van der Waals surface area contributed by atoms with Crippen molar-refractivity contribution in [2.75, 3.05) is 17.3 Å². The number of aryl methyl sites for hydroxylation is 1. The van der Waals surface area contributed by atoms with Gasteiger partial charge in [-0.25, -0.2) is 4.98 Å². The zero-order chi connectivity index (χ0) is 15.9. The van der Waals surface area contributed by atoms with Gasteiger partial charge in [-0.2, -0.15) is 4.98 Å². The molecule has 1 aromatic rings. The van der Waals surface area contributed by atoms with Gasteiger partial charge in [0.05, 0.1) is 17.4 Å². The number of carbonyl (C=O) groups excluding carboxylic acids is 1. The molecule has 0 bridgehead atoms. The van der Waals surface area contributed by atoms with E-state index in [9.17, 15) is 4.79 Å². The Morgan fingerprint density at radius 1 is 1.38 bits per heavy atom. The molecule has 7 heteroatoms. The molecule has 1 aliphatic heterocycles. The number of hydrogen-bond acceptors (Lipinski definition) is 5. The fourth-order valence-electron chi connectivity index (χ4n) is 2.58. The van der Waals surface area contributed by atoms with Gasteiger partial charge in [0.15, 0.2) is 5.82 Å². The summed E-state index contributed by atoms with van der Waals surface area (Å²) in [7, 11) is 1.81. The number of nitrogens with one attached hydrogen (secondary N) is 1. The first-order chi connectivity index (χ1) is 9.60. The van der Waals surface area contributed by atoms with Crippen LogP contribution < -0.4 is 10.2 Å². The Balaban J connectivity index is 2.37. The fourth-order valence-corrected chi connectivity index (χ4v) is 2.79. The number of ether oxygens (including phenoxy) is 1. The lowest BCUT2D eigenvalue weighted by Gasteiger charge is -2.39. The van der Waals surface area contributed by atoms with E-state index < -0.39 is 6.04 Å². The van der Waals surface area contributed by atoms with E-state index >= 15 is 0 Å². The zero-order valence-electron chi connectivity index (χ0n) is 13.2. The summed E-state index contributed by atoms with van der Waals surface area (Å²) in [5.74, 6) is 0.484. The first-order valence-electron chi connectivity index (χ1n) is 6.86. The molecule has 2 atom stereocenters. The van der Waals surface area contributed by atoms with E-state index in [2.05, 4.69) is 15.3 Å². The number of nitrogens with zero attached hydrogens (tertiary/aromatic N) is 3. The number of likely N-dealkylation sites (N-methyl/N-ethyl adjacent to an activating group) is 1. The normalized spacial score (nSPS) is 20.0. The molecule has 0 fully saturated rings. The predicted molar refractivity (Wildman–Crippen MR) is 82.9 cm³/mol. The molecule has 0 aromatic carbocycles. The van der Waals surface area contributed by atoms with Crippen LogP contribution in [0.3, 0.4) is 0 Å². The molecule has 0 saturated heterocycles. The van der Waals surface area contributed by atoms with Crippen LogP contribution in [-0.4, -0.2) is 40.7 Å². The van der Waals surface area contributed by atoms with Crippen LogP contribution in [-0.2, 0) is 9.53 Å². The van der Waals surface area contributed by atoms with Crippen LogP contribution in [0.5, 0.6) is 0 Å². The summed E-state index contributed by atoms with van der Waals surface area (Å²) in [6, 6.07) is -0.470. The summed E-state index contributed by atoms with van der Waals surface area (Å²) in [5, 5.41) is 3.02. The van der Waals surface area contributed by atoms with Crippen molar-refractivity contribution >= 4 is 29.0 Å². The standard InChI is InChI=1S/C14H21ClN4O2/c1-7-9-11(18-13(15)16-7)19(6)10(12(20)17-9)8(2)21-14(3,4)5/h8,10H,1-6H3,(H,17,20)/t8-,10?/m1/s1. The maximum absolute atomic E-state index is 12.4. The summed E-state index contributed by atoms with van der Waals surface area (Å²) in [6.07, 6.45) is -0.294. The van der Waals surface area contributed by atoms with Gasteiger partial charge in [-0.15, -0.1) is 0 Å². The molecule has 6 nitrogen and oxygen atoms in total. The molecule has 1 N–H and O–H groups in total. The highest BCUT2D eigenvalue weighted by Crippen LogP contribution is 2.33. The van der Waals surface area contributed by atoms with Crippen molar-refractivity contribution in [1.29, 1.82) is 0 Å². The first-order valence-corrected chi connectivity index (χ1v) is 7.23. The number of fused-ring (bicyclic) bond motifs is 1. The number of halogens is 1. The lowest BCUT2D eigenvalue weighted by molar-refractivity contribution is -0.124. The van der Waals surface area contributed by atoms with Crippen molar-refractivity contribution in [2.24, 2.45) is 0 Å². The Morgan fingerprint density at radius 3 is 2.57 bits per heavy atom. The Hall–Kier alpha value is -1.40. The molecule has 0 saturated carbocycles. The van der Waals surface area contributed by atoms with Crippen molar-refractivity contribution in [1.82, 2.24) is 9.97 Å². The average Bonchev–Trinajstić information content (AvgIpc) is 2.28. The largest absolute Gasteiger partial charge is 0.370 e. The quantitative estimate of drug-likeness (QED) is 0.849. The van der Waals surface area contributed by atoms with Gasteiger partial charge in [-0.1, -0.05) is 0 Å². The minimum Gasteiger partial charge on any atom is -0.370 e. The topological polar surface area (TPSA) is 67.3 Å². The maximum atomic E-state index is 12.4. The van der Waals surface area contributed by atoms with Gasteiger partial charge in [-0.05, 0) is 46.2 Å². The summed E-state index contributed by atoms with van der Waals surface area (Å²) < 4.78 is 5.91. The van der Waals surface area contributed by atoms with Crippen molar-refractivity contribution < 1.29 is 9.53 Å². The minimum atomic E-state index is -0.470. The first kappa shape index (κ1) is 16.0. The molecule has 0 aliphatic carbocycles. The SMILES string of the molecule is Cc1nc(Cl)nc2c1NC(=O)C([C@@H](C)OC(C)(C)C)N2C. The van der Waals surface area contributed by atoms with Gasteiger partial charge in [-0.3, -0.25) is 4.79 Å². The summed E-state index contributed by atoms with van der Waals surface area (Å²) in [6.45, 7) is 9.55. The van der Waals surface area contributed by atoms with E-state index in [1.807, 2.05) is 34.7 Å². The second kappa shape index (κ2) is 5.42. The lowest BCUT2D eigenvalue weighted by Crippen LogP contribution is -2.54. The van der Waals surface area contributed by atoms with Gasteiger partial charge in [0.2, 0.25) is 11.2 Å². The van der Waals surface area contributed by atoms with Crippen LogP contribution in [0.15, 0.2) is 0 Å². The van der Waals surface area contributed by atoms with Gasteiger partial charge < -0.3 is 15.0 Å². The van der Waals surface area contributed by atoms with Crippen molar-refractivity contribution in [3.8, 4) is 0 Å². The highest BCUT2D eigenvalue weighted by molar-refractivity contribution is 6.28. The third-order valence-electron chi connectivity index (χ3n) is 3.30. The van der Waals surface area contributed by atoms with Gasteiger partial charge >= 0.3 is 0 Å². The molecule has 1 amide bonds. The maximum Gasteiger partial charge on any atom is 0.249 e. The molecule has 2 heterocycles. The Morgan fingerprint density at radius 2 is 2.00 bits per heavy atom. The monoisotopic (exact) mass is 312 g/mol. The number of hydrogen-bond donors (Lipinski definition) is 1. The van der Waals surface area contributed by atoms with Crippen molar-refractivity contribution in [3.05, 3.63) is 11.0 Å². The van der Waals surface area contributed by atoms with Crippen LogP contribution in [0.2, 0.25) is 5.28 Å². The van der Waals surface area contributed by atoms with Crippen LogP contribution in [0.4, 0.5) is 11.5 Å². The molecule has 21 heavy (non-hydrogen) atoms. The lowest BCUT2D eigenvalue weighted by atomic mass is 10.1. The molecule has 1 aliphatic rings. The Bertz CT molecular complexity index is 571. The van der Waals surface area contributed by atoms with E-state index in [0.717, 1.165) is 0 Å². The Kier molecular flexibility index (Phi) is 4.13. The molecule has 0 spiro atoms. The van der Waals surface area contributed by atoms with E-state index in [4.69, 9.17) is 16.3 Å². The number of amides is 1. The molecule has 1 aromatic heterocycles. The number of anilines is 2. The highest BCUT2D eigenvalue weighted by atomic mass is 35.5. The predicted octanol–water partition coefficient (Wildman–Crippen LogP) is 2.40. The van der Waals surface area contributed by atoms with Crippen LogP contribution in [0.1, 0.15) is 33.4 Å². The fraction of sp³-hybridized carbons (Fsp3) is 0.643. The zero-order valence-corrected chi connectivity index (χ0v) is 13.9. The van der Waals surface area contributed by atoms with E-state index in [1.165, 1.54) is 0 Å². The summed E-state index contributed by atoms with van der Waals surface area (Å²) in [4.78, 5) is 22.5. The van der Waals surface area contributed by atoms with Gasteiger partial charge in [0.1, 0.15) is 11.7 Å². The second-order valence-electron chi connectivity index (χ2n) is 6.26. The highest BCUT2D eigenvalue weighted by Gasteiger charge is 2.38. The summed E-state index contributed by atoms with van der Waals surface area (Å²) >= 11 is 5.92. The molecule has 1 unspecified atom stereocenters. The van der Waals surface area contributed by atoms with Gasteiger partial charge in [0, 0.05) is 7.05 Å². The van der Waals surface area contributed by atoms with Gasteiger partial charge in [0.25, 0.3) is 0 Å². The van der Waals surface area contributed by atoms with Crippen LogP contribution >= 0.6 is 11.6 Å². The van der Waals surface area contributed by atoms with E-state index in [1.54, 1.807) is 11.8 Å². The molecular weight excluding hydrogens is 292 g/mol. The molecule has 116 valence electrons. The molecule has 0 radical (unpaired) electrons. The third-order valence-corrected chi connectivity index (χ3v) is 3.46. The second-order valence-corrected chi connectivity index (χ2v) is 6.60. The number of aromatic nitrogens is 2. The van der Waals surface area contributed by atoms with E-state index in [-0.39, 0.29) is 22.9 Å². The minimum absolute atomic E-state index is 0.129. The number of carbonyl (C=O) groups is 1. The average molecular weight is 313 g/mol. The molecular formula is C14H21ClN4O2. The van der Waals surface area contributed by atoms with Crippen molar-refractivity contribution in [3.63, 3.8) is 0 Å². The third kappa shape index (κ3) is 3.27. The molecule has 2 rings (SSSR count). The van der Waals surface area contributed by atoms with Crippen LogP contribution in [0, 0.1) is 6.92 Å². The van der Waals surface area contributed by atoms with Crippen LogP contribution in [0.25, 0.3) is 0 Å². The van der Waals surface area contributed by atoms with Crippen molar-refractivity contribution in [2.45, 2.75) is 52.4 Å². The Labute approximate surface area is 129 Å². The smallest absolute Gasteiger partial charge is 0.249 e. The van der Waals surface area contributed by atoms with E-state index in [0.29, 0.717) is 17.2 Å².